The molecule has 136 valence electrons. The van der Waals surface area contributed by atoms with Crippen molar-refractivity contribution in [2.45, 2.75) is 45.9 Å². The largest absolute Gasteiger partial charge is 0.511 e. The van der Waals surface area contributed by atoms with Crippen molar-refractivity contribution in [2.75, 3.05) is 0 Å². The number of hydrogen-bond donors (Lipinski definition) is 1. The van der Waals surface area contributed by atoms with Gasteiger partial charge in [0.25, 0.3) is 0 Å². The fourth-order valence-corrected chi connectivity index (χ4v) is 2.67. The van der Waals surface area contributed by atoms with Crippen LogP contribution in [0, 0.1) is 12.3 Å². The lowest BCUT2D eigenvalue weighted by Crippen LogP contribution is -2.52. The molecule has 0 saturated heterocycles. The highest BCUT2D eigenvalue weighted by atomic mass is 32.2. The van der Waals surface area contributed by atoms with E-state index < -0.39 is 32.6 Å². The minimum atomic E-state index is -5.74. The number of nitrogens with one attached hydrogen (secondary N) is 1. The SMILES string of the molecule is Cc1ccccc1C(C)(NS(=O)(=O)C(F)(F)F)OC(=O)C(C)(C)C. The predicted molar refractivity (Wildman–Crippen MR) is 82.2 cm³/mol. The van der Waals surface area contributed by atoms with E-state index in [-0.39, 0.29) is 5.56 Å². The van der Waals surface area contributed by atoms with Crippen LogP contribution < -0.4 is 4.72 Å². The second-order valence-electron chi connectivity index (χ2n) is 6.54. The lowest BCUT2D eigenvalue weighted by atomic mass is 9.95. The first-order valence-electron chi connectivity index (χ1n) is 7.00. The van der Waals surface area contributed by atoms with Gasteiger partial charge in [-0.05, 0) is 40.2 Å². The van der Waals surface area contributed by atoms with Gasteiger partial charge >= 0.3 is 21.5 Å². The van der Waals surface area contributed by atoms with E-state index in [9.17, 15) is 26.4 Å². The molecule has 24 heavy (non-hydrogen) atoms. The summed E-state index contributed by atoms with van der Waals surface area (Å²) in [5, 5.41) is 0. The fourth-order valence-electron chi connectivity index (χ4n) is 1.89. The third kappa shape index (κ3) is 4.47. The number of rotatable bonds is 4. The van der Waals surface area contributed by atoms with Crippen molar-refractivity contribution in [3.05, 3.63) is 35.4 Å². The molecular weight excluding hydrogens is 347 g/mol. The number of hydrogen-bond acceptors (Lipinski definition) is 4. The molecule has 9 heteroatoms. The van der Waals surface area contributed by atoms with Gasteiger partial charge in [0, 0.05) is 5.56 Å². The van der Waals surface area contributed by atoms with Crippen LogP contribution in [0.25, 0.3) is 0 Å². The molecule has 1 unspecified atom stereocenters. The summed E-state index contributed by atoms with van der Waals surface area (Å²) in [6.07, 6.45) is 0. The molecule has 0 aliphatic heterocycles. The standard InChI is InChI=1S/C15H20F3NO4S/c1-10-8-6-7-9-11(10)14(5,23-12(20)13(2,3)4)19-24(21,22)15(16,17)18/h6-9,19H,1-5H3. The first-order valence-corrected chi connectivity index (χ1v) is 8.48. The van der Waals surface area contributed by atoms with Gasteiger partial charge in [-0.25, -0.2) is 8.42 Å². The van der Waals surface area contributed by atoms with E-state index in [4.69, 9.17) is 4.74 Å². The molecule has 1 atom stereocenters. The van der Waals surface area contributed by atoms with Gasteiger partial charge in [0.15, 0.2) is 0 Å². The number of ether oxygens (including phenoxy) is 1. The summed E-state index contributed by atoms with van der Waals surface area (Å²) >= 11 is 0. The summed E-state index contributed by atoms with van der Waals surface area (Å²) in [7, 11) is -5.74. The molecule has 0 saturated carbocycles. The van der Waals surface area contributed by atoms with Crippen LogP contribution in [0.4, 0.5) is 13.2 Å². The van der Waals surface area contributed by atoms with Crippen molar-refractivity contribution < 1.29 is 31.1 Å². The van der Waals surface area contributed by atoms with E-state index in [0.717, 1.165) is 6.92 Å². The molecule has 1 aromatic carbocycles. The predicted octanol–water partition coefficient (Wildman–Crippen LogP) is 3.20. The number of carbonyl (C=O) groups excluding carboxylic acids is 1. The van der Waals surface area contributed by atoms with E-state index in [2.05, 4.69) is 0 Å². The molecule has 0 radical (unpaired) electrons. The highest BCUT2D eigenvalue weighted by Gasteiger charge is 2.51. The molecule has 0 aliphatic rings. The normalized spacial score (nSPS) is 15.7. The molecule has 1 aromatic rings. The van der Waals surface area contributed by atoms with Crippen molar-refractivity contribution in [1.29, 1.82) is 0 Å². The van der Waals surface area contributed by atoms with Crippen molar-refractivity contribution in [2.24, 2.45) is 5.41 Å². The molecule has 0 spiro atoms. The Labute approximate surface area is 139 Å². The highest BCUT2D eigenvalue weighted by molar-refractivity contribution is 7.90. The lowest BCUT2D eigenvalue weighted by Gasteiger charge is -2.34. The molecule has 1 rings (SSSR count). The Kier molecular flexibility index (Phi) is 5.42. The zero-order valence-electron chi connectivity index (χ0n) is 14.0. The molecule has 0 aromatic heterocycles. The zero-order valence-corrected chi connectivity index (χ0v) is 14.8. The summed E-state index contributed by atoms with van der Waals surface area (Å²) in [6, 6.07) is 6.10. The van der Waals surface area contributed by atoms with Gasteiger partial charge in [0.2, 0.25) is 5.72 Å². The van der Waals surface area contributed by atoms with Crippen LogP contribution >= 0.6 is 0 Å². The summed E-state index contributed by atoms with van der Waals surface area (Å²) in [5.41, 5.74) is -8.20. The van der Waals surface area contributed by atoms with E-state index in [1.54, 1.807) is 19.1 Å². The minimum Gasteiger partial charge on any atom is -0.438 e. The fraction of sp³-hybridized carbons (Fsp3) is 0.533. The van der Waals surface area contributed by atoms with Crippen LogP contribution in [0.2, 0.25) is 0 Å². The number of benzene rings is 1. The number of halogens is 3. The minimum absolute atomic E-state index is 0.107. The van der Waals surface area contributed by atoms with Crippen molar-refractivity contribution in [1.82, 2.24) is 4.72 Å². The summed E-state index contributed by atoms with van der Waals surface area (Å²) in [5.74, 6) is -0.849. The molecule has 0 amide bonds. The van der Waals surface area contributed by atoms with Crippen molar-refractivity contribution in [3.8, 4) is 0 Å². The van der Waals surface area contributed by atoms with Crippen LogP contribution in [-0.2, 0) is 25.3 Å². The molecule has 1 N–H and O–H groups in total. The van der Waals surface area contributed by atoms with E-state index in [1.807, 2.05) is 0 Å². The second kappa shape index (κ2) is 6.36. The van der Waals surface area contributed by atoms with E-state index in [1.165, 1.54) is 37.6 Å². The topological polar surface area (TPSA) is 72.5 Å². The number of carbonyl (C=O) groups is 1. The van der Waals surface area contributed by atoms with Crippen LogP contribution in [0.15, 0.2) is 24.3 Å². The van der Waals surface area contributed by atoms with Gasteiger partial charge in [0.05, 0.1) is 5.41 Å². The Morgan fingerprint density at radius 3 is 2.00 bits per heavy atom. The molecule has 0 bridgehead atoms. The van der Waals surface area contributed by atoms with E-state index >= 15 is 0 Å². The van der Waals surface area contributed by atoms with E-state index in [0.29, 0.717) is 5.56 Å². The maximum atomic E-state index is 12.8. The van der Waals surface area contributed by atoms with Crippen molar-refractivity contribution in [3.63, 3.8) is 0 Å². The first kappa shape index (κ1) is 20.4. The van der Waals surface area contributed by atoms with Gasteiger partial charge in [-0.2, -0.15) is 17.9 Å². The third-order valence-electron chi connectivity index (χ3n) is 3.20. The molecule has 0 fully saturated rings. The van der Waals surface area contributed by atoms with Gasteiger partial charge in [-0.15, -0.1) is 0 Å². The second-order valence-corrected chi connectivity index (χ2v) is 8.21. The zero-order chi connectivity index (χ0) is 19.0. The summed E-state index contributed by atoms with van der Waals surface area (Å²) < 4.78 is 68.0. The number of esters is 1. The van der Waals surface area contributed by atoms with Gasteiger partial charge in [-0.3, -0.25) is 4.79 Å². The van der Waals surface area contributed by atoms with Crippen LogP contribution in [0.1, 0.15) is 38.8 Å². The van der Waals surface area contributed by atoms with Crippen molar-refractivity contribution >= 4 is 16.0 Å². The molecule has 5 nitrogen and oxygen atoms in total. The quantitative estimate of drug-likeness (QED) is 0.655. The van der Waals surface area contributed by atoms with Gasteiger partial charge in [-0.1, -0.05) is 24.3 Å². The maximum Gasteiger partial charge on any atom is 0.511 e. The van der Waals surface area contributed by atoms with Crippen LogP contribution in [-0.4, -0.2) is 19.9 Å². The summed E-state index contributed by atoms with van der Waals surface area (Å²) in [6.45, 7) is 7.16. The van der Waals surface area contributed by atoms with Gasteiger partial charge < -0.3 is 4.74 Å². The summed E-state index contributed by atoms with van der Waals surface area (Å²) in [4.78, 5) is 12.2. The lowest BCUT2D eigenvalue weighted by molar-refractivity contribution is -0.171. The number of sulfonamides is 1. The Morgan fingerprint density at radius 2 is 1.58 bits per heavy atom. The van der Waals surface area contributed by atoms with Crippen LogP contribution in [0.3, 0.4) is 0 Å². The Bertz CT molecular complexity index is 723. The molecular formula is C15H20F3NO4S. The molecule has 0 aliphatic carbocycles. The van der Waals surface area contributed by atoms with Gasteiger partial charge in [0.1, 0.15) is 0 Å². The average molecular weight is 367 g/mol. The Morgan fingerprint density at radius 1 is 1.08 bits per heavy atom. The number of aryl methyl sites for hydroxylation is 1. The Balaban J connectivity index is 3.43. The monoisotopic (exact) mass is 367 g/mol. The third-order valence-corrected chi connectivity index (χ3v) is 4.47. The average Bonchev–Trinajstić information content (AvgIpc) is 2.35. The first-order chi connectivity index (χ1) is 10.6. The maximum absolute atomic E-state index is 12.8. The number of alkyl halides is 3. The Hall–Kier alpha value is -1.61. The highest BCUT2D eigenvalue weighted by Crippen LogP contribution is 2.33. The smallest absolute Gasteiger partial charge is 0.438 e. The molecule has 0 heterocycles. The van der Waals surface area contributed by atoms with Crippen LogP contribution in [0.5, 0.6) is 0 Å².